The van der Waals surface area contributed by atoms with Gasteiger partial charge in [-0.3, -0.25) is 14.9 Å². The maximum Gasteiger partial charge on any atom is 0.330 e. The number of esters is 1. The van der Waals surface area contributed by atoms with Crippen molar-refractivity contribution in [2.45, 2.75) is 6.92 Å². The number of rotatable bonds is 7. The van der Waals surface area contributed by atoms with Crippen molar-refractivity contribution in [1.29, 1.82) is 0 Å². The Kier molecular flexibility index (Phi) is 7.28. The van der Waals surface area contributed by atoms with Crippen molar-refractivity contribution >= 4 is 50.9 Å². The van der Waals surface area contributed by atoms with Crippen LogP contribution in [0.5, 0.6) is 0 Å². The number of benzene rings is 2. The fourth-order valence-corrected chi connectivity index (χ4v) is 2.53. The van der Waals surface area contributed by atoms with E-state index in [1.165, 1.54) is 31.4 Å². The molecule has 0 saturated heterocycles. The summed E-state index contributed by atoms with van der Waals surface area (Å²) >= 11 is 3.39. The van der Waals surface area contributed by atoms with Gasteiger partial charge in [0.05, 0.1) is 18.6 Å². The van der Waals surface area contributed by atoms with Crippen LogP contribution in [0.1, 0.15) is 11.1 Å². The highest BCUT2D eigenvalue weighted by Crippen LogP contribution is 2.26. The van der Waals surface area contributed by atoms with Crippen LogP contribution in [-0.4, -0.2) is 30.5 Å². The number of hydrogen-bond donors (Lipinski definition) is 2. The average molecular weight is 448 g/mol. The molecule has 1 amide bonds. The number of nitro groups is 1. The summed E-state index contributed by atoms with van der Waals surface area (Å²) in [5.74, 6) is -0.907. The van der Waals surface area contributed by atoms with Gasteiger partial charge in [0.25, 0.3) is 5.69 Å². The molecule has 2 aromatic carbocycles. The minimum Gasteiger partial charge on any atom is -0.466 e. The summed E-state index contributed by atoms with van der Waals surface area (Å²) < 4.78 is 5.41. The topological polar surface area (TPSA) is 111 Å². The summed E-state index contributed by atoms with van der Waals surface area (Å²) in [4.78, 5) is 34.0. The maximum atomic E-state index is 12.1. The molecule has 0 radical (unpaired) electrons. The van der Waals surface area contributed by atoms with E-state index < -0.39 is 10.9 Å². The van der Waals surface area contributed by atoms with E-state index in [0.29, 0.717) is 11.3 Å². The van der Waals surface area contributed by atoms with Crippen LogP contribution in [-0.2, 0) is 14.3 Å². The number of ether oxygens (including phenoxy) is 1. The molecular weight excluding hydrogens is 430 g/mol. The fourth-order valence-electron chi connectivity index (χ4n) is 2.29. The van der Waals surface area contributed by atoms with Crippen LogP contribution in [0.3, 0.4) is 0 Å². The molecule has 0 heterocycles. The molecule has 0 aromatic heterocycles. The van der Waals surface area contributed by atoms with Gasteiger partial charge in [0.1, 0.15) is 5.69 Å². The molecule has 2 rings (SSSR count). The molecule has 8 nitrogen and oxygen atoms in total. The third-order valence-corrected chi connectivity index (χ3v) is 4.60. The number of carbonyl (C=O) groups is 2. The second kappa shape index (κ2) is 9.65. The Balaban J connectivity index is 2.06. The Bertz CT molecular complexity index is 943. The fraction of sp³-hybridized carbons (Fsp3) is 0.158. The first-order valence-electron chi connectivity index (χ1n) is 8.14. The zero-order valence-electron chi connectivity index (χ0n) is 15.2. The van der Waals surface area contributed by atoms with Gasteiger partial charge in [-0.15, -0.1) is 0 Å². The summed E-state index contributed by atoms with van der Waals surface area (Å²) in [6.45, 7) is 1.75. The predicted octanol–water partition coefficient (Wildman–Crippen LogP) is 3.90. The number of aryl methyl sites for hydroxylation is 1. The van der Waals surface area contributed by atoms with Crippen LogP contribution >= 0.6 is 15.9 Å². The Hall–Kier alpha value is -3.20. The van der Waals surface area contributed by atoms with Crippen molar-refractivity contribution in [3.8, 4) is 0 Å². The van der Waals surface area contributed by atoms with E-state index in [9.17, 15) is 19.7 Å². The van der Waals surface area contributed by atoms with Gasteiger partial charge < -0.3 is 15.4 Å². The monoisotopic (exact) mass is 447 g/mol. The van der Waals surface area contributed by atoms with Gasteiger partial charge in [-0.2, -0.15) is 0 Å². The normalized spacial score (nSPS) is 10.5. The smallest absolute Gasteiger partial charge is 0.330 e. The summed E-state index contributed by atoms with van der Waals surface area (Å²) in [6, 6.07) is 9.76. The third-order valence-electron chi connectivity index (χ3n) is 3.71. The Morgan fingerprint density at radius 3 is 2.64 bits per heavy atom. The molecule has 2 N–H and O–H groups in total. The minimum absolute atomic E-state index is 0.146. The molecule has 0 bridgehead atoms. The summed E-state index contributed by atoms with van der Waals surface area (Å²) in [5.41, 5.74) is 2.04. The molecule has 28 heavy (non-hydrogen) atoms. The molecule has 146 valence electrons. The van der Waals surface area contributed by atoms with Gasteiger partial charge in [-0.1, -0.05) is 22.0 Å². The van der Waals surface area contributed by atoms with Crippen LogP contribution < -0.4 is 10.6 Å². The standard InChI is InChI=1S/C19H18BrN3O5/c1-12-9-14(5-6-15(12)20)22-18(24)11-21-16-7-3-13(4-8-19(25)28-2)10-17(16)23(26)27/h3-10,21H,11H2,1-2H3,(H,22,24)/b8-4+. The SMILES string of the molecule is COC(=O)/C=C/c1ccc(NCC(=O)Nc2ccc(Br)c(C)c2)c([N+](=O)[O-])c1. The van der Waals surface area contributed by atoms with Crippen LogP contribution in [0.25, 0.3) is 6.08 Å². The average Bonchev–Trinajstić information content (AvgIpc) is 2.67. The number of methoxy groups -OCH3 is 1. The Morgan fingerprint density at radius 1 is 1.25 bits per heavy atom. The van der Waals surface area contributed by atoms with E-state index in [-0.39, 0.29) is 23.8 Å². The molecule has 2 aromatic rings. The van der Waals surface area contributed by atoms with Crippen molar-refractivity contribution in [3.63, 3.8) is 0 Å². The minimum atomic E-state index is -0.565. The van der Waals surface area contributed by atoms with Crippen molar-refractivity contribution < 1.29 is 19.2 Å². The molecular formula is C19H18BrN3O5. The van der Waals surface area contributed by atoms with Crippen molar-refractivity contribution in [3.05, 3.63) is 68.2 Å². The van der Waals surface area contributed by atoms with Gasteiger partial charge in [0, 0.05) is 22.3 Å². The number of amides is 1. The molecule has 0 saturated carbocycles. The van der Waals surface area contributed by atoms with E-state index in [1.807, 2.05) is 19.1 Å². The van der Waals surface area contributed by atoms with E-state index in [1.54, 1.807) is 12.1 Å². The number of nitrogens with one attached hydrogen (secondary N) is 2. The van der Waals surface area contributed by atoms with Gasteiger partial charge in [-0.05, 0) is 48.4 Å². The summed E-state index contributed by atoms with van der Waals surface area (Å²) in [5, 5.41) is 16.8. The van der Waals surface area contributed by atoms with Crippen LogP contribution in [0.4, 0.5) is 17.1 Å². The Labute approximate surface area is 169 Å². The quantitative estimate of drug-likeness (QED) is 0.288. The summed E-state index contributed by atoms with van der Waals surface area (Å²) in [7, 11) is 1.24. The molecule has 0 aliphatic carbocycles. The lowest BCUT2D eigenvalue weighted by Crippen LogP contribution is -2.22. The third kappa shape index (κ3) is 5.92. The van der Waals surface area contributed by atoms with E-state index in [0.717, 1.165) is 10.0 Å². The first kappa shape index (κ1) is 21.1. The molecule has 0 aliphatic rings. The van der Waals surface area contributed by atoms with Crippen LogP contribution in [0.15, 0.2) is 46.9 Å². The van der Waals surface area contributed by atoms with Crippen molar-refractivity contribution in [2.75, 3.05) is 24.3 Å². The first-order chi connectivity index (χ1) is 13.3. The second-order valence-electron chi connectivity index (χ2n) is 5.76. The molecule has 0 aliphatic heterocycles. The van der Waals surface area contributed by atoms with Crippen molar-refractivity contribution in [1.82, 2.24) is 0 Å². The van der Waals surface area contributed by atoms with Crippen molar-refractivity contribution in [2.24, 2.45) is 0 Å². The molecule has 0 spiro atoms. The Morgan fingerprint density at radius 2 is 2.00 bits per heavy atom. The number of nitrogens with zero attached hydrogens (tertiary/aromatic N) is 1. The largest absolute Gasteiger partial charge is 0.466 e. The second-order valence-corrected chi connectivity index (χ2v) is 6.61. The highest BCUT2D eigenvalue weighted by molar-refractivity contribution is 9.10. The molecule has 0 fully saturated rings. The lowest BCUT2D eigenvalue weighted by Gasteiger charge is -2.10. The van der Waals surface area contributed by atoms with E-state index in [4.69, 9.17) is 0 Å². The van der Waals surface area contributed by atoms with Gasteiger partial charge in [0.2, 0.25) is 5.91 Å². The summed E-state index contributed by atoms with van der Waals surface area (Å²) in [6.07, 6.45) is 2.57. The number of halogens is 1. The number of nitro benzene ring substituents is 1. The zero-order valence-corrected chi connectivity index (χ0v) is 16.8. The lowest BCUT2D eigenvalue weighted by molar-refractivity contribution is -0.384. The molecule has 0 atom stereocenters. The zero-order chi connectivity index (χ0) is 20.7. The van der Waals surface area contributed by atoms with Crippen LogP contribution in [0.2, 0.25) is 0 Å². The first-order valence-corrected chi connectivity index (χ1v) is 8.94. The number of carbonyl (C=O) groups excluding carboxylic acids is 2. The van der Waals surface area contributed by atoms with Crippen LogP contribution in [0, 0.1) is 17.0 Å². The highest BCUT2D eigenvalue weighted by atomic mass is 79.9. The molecule has 0 unspecified atom stereocenters. The van der Waals surface area contributed by atoms with Gasteiger partial charge in [-0.25, -0.2) is 4.79 Å². The predicted molar refractivity (Wildman–Crippen MR) is 110 cm³/mol. The van der Waals surface area contributed by atoms with Gasteiger partial charge in [0.15, 0.2) is 0 Å². The lowest BCUT2D eigenvalue weighted by atomic mass is 10.1. The van der Waals surface area contributed by atoms with E-state index >= 15 is 0 Å². The highest BCUT2D eigenvalue weighted by Gasteiger charge is 2.15. The number of anilines is 2. The van der Waals surface area contributed by atoms with E-state index in [2.05, 4.69) is 31.3 Å². The molecule has 9 heteroatoms. The number of hydrogen-bond acceptors (Lipinski definition) is 6. The maximum absolute atomic E-state index is 12.1. The van der Waals surface area contributed by atoms with Gasteiger partial charge >= 0.3 is 5.97 Å².